The van der Waals surface area contributed by atoms with Crippen LogP contribution in [0.5, 0.6) is 0 Å². The molecule has 136 valence electrons. The van der Waals surface area contributed by atoms with Crippen molar-refractivity contribution < 1.29 is 5.11 Å². The molecule has 2 N–H and O–H groups in total. The van der Waals surface area contributed by atoms with E-state index in [0.717, 1.165) is 4.88 Å². The molecule has 0 radical (unpaired) electrons. The number of benzene rings is 1. The lowest BCUT2D eigenvalue weighted by Gasteiger charge is -2.32. The summed E-state index contributed by atoms with van der Waals surface area (Å²) in [5.41, 5.74) is 2.81. The van der Waals surface area contributed by atoms with E-state index in [4.69, 9.17) is 0 Å². The van der Waals surface area contributed by atoms with Gasteiger partial charge in [0.15, 0.2) is 0 Å². The minimum atomic E-state index is -0.413. The molecule has 0 aliphatic heterocycles. The van der Waals surface area contributed by atoms with Crippen LogP contribution in [0.15, 0.2) is 41.8 Å². The first-order chi connectivity index (χ1) is 12.0. The average molecular weight is 358 g/mol. The SMILES string of the molecule is CC(C)c1csc(C(O)C(C)N[C@H]2CC[C@H](c3ccccc3)CC2)c1. The van der Waals surface area contributed by atoms with Crippen molar-refractivity contribution in [3.8, 4) is 0 Å². The van der Waals surface area contributed by atoms with Crippen LogP contribution >= 0.6 is 11.3 Å². The van der Waals surface area contributed by atoms with Crippen LogP contribution in [0.3, 0.4) is 0 Å². The van der Waals surface area contributed by atoms with Crippen molar-refractivity contribution >= 4 is 11.3 Å². The van der Waals surface area contributed by atoms with E-state index in [1.165, 1.54) is 36.8 Å². The van der Waals surface area contributed by atoms with Crippen molar-refractivity contribution in [1.29, 1.82) is 0 Å². The number of hydrogen-bond donors (Lipinski definition) is 2. The highest BCUT2D eigenvalue weighted by atomic mass is 32.1. The van der Waals surface area contributed by atoms with Crippen molar-refractivity contribution in [2.75, 3.05) is 0 Å². The summed E-state index contributed by atoms with van der Waals surface area (Å²) >= 11 is 1.68. The topological polar surface area (TPSA) is 32.3 Å². The Hall–Kier alpha value is -1.16. The zero-order valence-electron chi connectivity index (χ0n) is 15.6. The molecule has 1 saturated carbocycles. The fraction of sp³-hybridized carbons (Fsp3) is 0.545. The molecular weight excluding hydrogens is 326 g/mol. The van der Waals surface area contributed by atoms with E-state index in [9.17, 15) is 5.11 Å². The molecule has 3 rings (SSSR count). The Morgan fingerprint density at radius 2 is 1.72 bits per heavy atom. The molecule has 1 heterocycles. The van der Waals surface area contributed by atoms with Gasteiger partial charge < -0.3 is 10.4 Å². The van der Waals surface area contributed by atoms with Crippen LogP contribution < -0.4 is 5.32 Å². The maximum atomic E-state index is 10.7. The second-order valence-electron chi connectivity index (χ2n) is 7.80. The Morgan fingerprint density at radius 3 is 2.32 bits per heavy atom. The largest absolute Gasteiger partial charge is 0.386 e. The summed E-state index contributed by atoms with van der Waals surface area (Å²) in [5, 5.41) is 16.6. The van der Waals surface area contributed by atoms with Gasteiger partial charge in [-0.05, 0) is 67.0 Å². The lowest BCUT2D eigenvalue weighted by Crippen LogP contribution is -2.41. The average Bonchev–Trinajstić information content (AvgIpc) is 3.13. The molecular formula is C22H31NOS. The summed E-state index contributed by atoms with van der Waals surface area (Å²) < 4.78 is 0. The number of aliphatic hydroxyl groups is 1. The summed E-state index contributed by atoms with van der Waals surface area (Å²) in [5.74, 6) is 1.22. The lowest BCUT2D eigenvalue weighted by atomic mass is 9.81. The molecule has 0 spiro atoms. The highest BCUT2D eigenvalue weighted by Gasteiger charge is 2.26. The van der Waals surface area contributed by atoms with Gasteiger partial charge in [0.1, 0.15) is 6.10 Å². The van der Waals surface area contributed by atoms with Gasteiger partial charge in [0.2, 0.25) is 0 Å². The Morgan fingerprint density at radius 1 is 1.04 bits per heavy atom. The first-order valence-electron chi connectivity index (χ1n) is 9.62. The first kappa shape index (κ1) is 18.6. The van der Waals surface area contributed by atoms with Gasteiger partial charge in [-0.15, -0.1) is 11.3 Å². The highest BCUT2D eigenvalue weighted by Crippen LogP contribution is 2.34. The number of thiophene rings is 1. The molecule has 2 nitrogen and oxygen atoms in total. The van der Waals surface area contributed by atoms with Crippen LogP contribution in [0.4, 0.5) is 0 Å². The molecule has 2 atom stereocenters. The number of rotatable bonds is 6. The predicted octanol–water partition coefficient (Wildman–Crippen LogP) is 5.61. The Kier molecular flexibility index (Phi) is 6.32. The van der Waals surface area contributed by atoms with Gasteiger partial charge in [0, 0.05) is 17.0 Å². The molecule has 1 aliphatic carbocycles. The molecule has 3 heteroatoms. The quantitative estimate of drug-likeness (QED) is 0.704. The number of nitrogens with one attached hydrogen (secondary N) is 1. The molecule has 0 bridgehead atoms. The second-order valence-corrected chi connectivity index (χ2v) is 8.74. The molecule has 25 heavy (non-hydrogen) atoms. The molecule has 1 fully saturated rings. The Balaban J connectivity index is 1.51. The Labute approximate surface area is 156 Å². The third-order valence-electron chi connectivity index (χ3n) is 5.57. The number of aliphatic hydroxyl groups excluding tert-OH is 1. The predicted molar refractivity (Wildman–Crippen MR) is 107 cm³/mol. The van der Waals surface area contributed by atoms with Crippen molar-refractivity contribution in [2.24, 2.45) is 0 Å². The molecule has 1 aromatic carbocycles. The van der Waals surface area contributed by atoms with E-state index >= 15 is 0 Å². The molecule has 2 aromatic rings. The van der Waals surface area contributed by atoms with Gasteiger partial charge in [0.05, 0.1) is 0 Å². The van der Waals surface area contributed by atoms with Crippen LogP contribution in [0.25, 0.3) is 0 Å². The normalized spacial score (nSPS) is 23.6. The summed E-state index contributed by atoms with van der Waals surface area (Å²) in [6.45, 7) is 6.51. The van der Waals surface area contributed by atoms with E-state index in [0.29, 0.717) is 17.9 Å². The van der Waals surface area contributed by atoms with E-state index in [-0.39, 0.29) is 6.04 Å². The van der Waals surface area contributed by atoms with Gasteiger partial charge in [-0.2, -0.15) is 0 Å². The van der Waals surface area contributed by atoms with Crippen LogP contribution in [0.2, 0.25) is 0 Å². The van der Waals surface area contributed by atoms with Crippen molar-refractivity contribution in [1.82, 2.24) is 5.32 Å². The molecule has 0 amide bonds. The van der Waals surface area contributed by atoms with Crippen molar-refractivity contribution in [3.63, 3.8) is 0 Å². The smallest absolute Gasteiger partial charge is 0.103 e. The van der Waals surface area contributed by atoms with E-state index < -0.39 is 6.10 Å². The van der Waals surface area contributed by atoms with E-state index in [1.54, 1.807) is 11.3 Å². The van der Waals surface area contributed by atoms with E-state index in [2.05, 4.69) is 67.9 Å². The maximum Gasteiger partial charge on any atom is 0.103 e. The van der Waals surface area contributed by atoms with E-state index in [1.807, 2.05) is 0 Å². The van der Waals surface area contributed by atoms with Crippen LogP contribution in [-0.4, -0.2) is 17.2 Å². The first-order valence-corrected chi connectivity index (χ1v) is 10.5. The Bertz CT molecular complexity index is 643. The minimum Gasteiger partial charge on any atom is -0.386 e. The van der Waals surface area contributed by atoms with Gasteiger partial charge >= 0.3 is 0 Å². The fourth-order valence-corrected chi connectivity index (χ4v) is 5.01. The molecule has 0 saturated heterocycles. The van der Waals surface area contributed by atoms with Gasteiger partial charge in [-0.25, -0.2) is 0 Å². The highest BCUT2D eigenvalue weighted by molar-refractivity contribution is 7.10. The van der Waals surface area contributed by atoms with Crippen LogP contribution in [0.1, 0.15) is 80.4 Å². The van der Waals surface area contributed by atoms with Crippen molar-refractivity contribution in [2.45, 2.75) is 76.5 Å². The number of hydrogen-bond acceptors (Lipinski definition) is 3. The maximum absolute atomic E-state index is 10.7. The molecule has 1 aliphatic rings. The fourth-order valence-electron chi connectivity index (χ4n) is 3.85. The molecule has 1 aromatic heterocycles. The second kappa shape index (κ2) is 8.48. The third-order valence-corrected chi connectivity index (χ3v) is 6.59. The minimum absolute atomic E-state index is 0.0944. The van der Waals surface area contributed by atoms with Gasteiger partial charge in [-0.1, -0.05) is 44.2 Å². The van der Waals surface area contributed by atoms with Gasteiger partial charge in [-0.3, -0.25) is 0 Å². The van der Waals surface area contributed by atoms with Crippen LogP contribution in [0, 0.1) is 0 Å². The zero-order valence-corrected chi connectivity index (χ0v) is 16.4. The summed E-state index contributed by atoms with van der Waals surface area (Å²) in [6.07, 6.45) is 4.45. The van der Waals surface area contributed by atoms with Gasteiger partial charge in [0.25, 0.3) is 0 Å². The van der Waals surface area contributed by atoms with Crippen molar-refractivity contribution in [3.05, 3.63) is 57.8 Å². The molecule has 2 unspecified atom stereocenters. The monoisotopic (exact) mass is 357 g/mol. The lowest BCUT2D eigenvalue weighted by molar-refractivity contribution is 0.127. The zero-order chi connectivity index (χ0) is 17.8. The van der Waals surface area contributed by atoms with Crippen LogP contribution in [-0.2, 0) is 0 Å². The standard InChI is InChI=1S/C22H31NOS/c1-15(2)19-13-21(25-14-19)22(24)16(3)23-20-11-9-18(10-12-20)17-7-5-4-6-8-17/h4-8,13-16,18,20,22-24H,9-12H2,1-3H3/t16?,18-,20-,22?. The third kappa shape index (κ3) is 4.72. The summed E-state index contributed by atoms with van der Waals surface area (Å²) in [4.78, 5) is 1.08. The summed E-state index contributed by atoms with van der Waals surface area (Å²) in [6, 6.07) is 13.7. The summed E-state index contributed by atoms with van der Waals surface area (Å²) in [7, 11) is 0.